The Hall–Kier alpha value is -7.94. The maximum atomic E-state index is 6.33. The lowest BCUT2D eigenvalue weighted by molar-refractivity contribution is 0.669. The van der Waals surface area contributed by atoms with E-state index in [1.807, 2.05) is 12.1 Å². The summed E-state index contributed by atoms with van der Waals surface area (Å²) in [4.78, 5) is 2.40. The zero-order valence-electron chi connectivity index (χ0n) is 32.9. The van der Waals surface area contributed by atoms with Crippen molar-refractivity contribution in [1.82, 2.24) is 0 Å². The zero-order valence-corrected chi connectivity index (χ0v) is 32.9. The largest absolute Gasteiger partial charge is 0.456 e. The van der Waals surface area contributed by atoms with Gasteiger partial charge in [-0.15, -0.1) is 0 Å². The predicted molar refractivity (Wildman–Crippen MR) is 253 cm³/mol. The molecule has 0 fully saturated rings. The van der Waals surface area contributed by atoms with E-state index >= 15 is 0 Å². The molecule has 0 saturated carbocycles. The zero-order chi connectivity index (χ0) is 39.8. The van der Waals surface area contributed by atoms with Gasteiger partial charge in [0.2, 0.25) is 0 Å². The molecule has 0 N–H and O–H groups in total. The standard InChI is InChI=1S/C58H39NO/c1-3-15-40(16-4-1)46-31-35-51(54(38-46)50-22-10-9-21-49(50)43-18-5-2-6-19-43)52-23-11-13-25-56(52)59(48-34-36-58-55(39-48)53-24-12-14-26-57(53)60-58)47-32-29-42(30-33-47)45-28-27-41-17-7-8-20-44(41)37-45/h1-39H. The van der Waals surface area contributed by atoms with Gasteiger partial charge in [-0.25, -0.2) is 0 Å². The quantitative estimate of drug-likeness (QED) is 0.153. The van der Waals surface area contributed by atoms with Gasteiger partial charge >= 0.3 is 0 Å². The van der Waals surface area contributed by atoms with Crippen LogP contribution in [0.4, 0.5) is 17.1 Å². The molecule has 0 spiro atoms. The van der Waals surface area contributed by atoms with Crippen molar-refractivity contribution in [2.45, 2.75) is 0 Å². The van der Waals surface area contributed by atoms with E-state index in [0.717, 1.165) is 50.1 Å². The minimum absolute atomic E-state index is 0.871. The summed E-state index contributed by atoms with van der Waals surface area (Å²) in [5.41, 5.74) is 16.7. The Bertz CT molecular complexity index is 3310. The van der Waals surface area contributed by atoms with Gasteiger partial charge in [-0.05, 0) is 115 Å². The number of anilines is 3. The second kappa shape index (κ2) is 15.1. The molecule has 2 nitrogen and oxygen atoms in total. The minimum atomic E-state index is 0.871. The number of benzene rings is 10. The van der Waals surface area contributed by atoms with Crippen molar-refractivity contribution < 1.29 is 4.42 Å². The highest BCUT2D eigenvalue weighted by atomic mass is 16.3. The summed E-state index contributed by atoms with van der Waals surface area (Å²) >= 11 is 0. The molecule has 0 bridgehead atoms. The first kappa shape index (κ1) is 35.2. The van der Waals surface area contributed by atoms with Gasteiger partial charge in [-0.2, -0.15) is 0 Å². The normalized spacial score (nSPS) is 11.3. The monoisotopic (exact) mass is 765 g/mol. The summed E-state index contributed by atoms with van der Waals surface area (Å²) < 4.78 is 6.33. The van der Waals surface area contributed by atoms with Crippen molar-refractivity contribution in [3.05, 3.63) is 237 Å². The highest BCUT2D eigenvalue weighted by molar-refractivity contribution is 6.07. The molecule has 11 aromatic rings. The highest BCUT2D eigenvalue weighted by Gasteiger charge is 2.22. The Morgan fingerprint density at radius 2 is 0.817 bits per heavy atom. The average molecular weight is 766 g/mol. The fraction of sp³-hybridized carbons (Fsp3) is 0. The molecule has 0 aliphatic carbocycles. The maximum Gasteiger partial charge on any atom is 0.135 e. The maximum absolute atomic E-state index is 6.33. The van der Waals surface area contributed by atoms with Gasteiger partial charge in [0.1, 0.15) is 11.2 Å². The van der Waals surface area contributed by atoms with Gasteiger partial charge in [0.05, 0.1) is 5.69 Å². The number of nitrogens with zero attached hydrogens (tertiary/aromatic N) is 1. The van der Waals surface area contributed by atoms with Crippen LogP contribution in [0.25, 0.3) is 88.3 Å². The second-order valence-corrected chi connectivity index (χ2v) is 15.3. The first-order valence-electron chi connectivity index (χ1n) is 20.5. The summed E-state index contributed by atoms with van der Waals surface area (Å²) in [7, 11) is 0. The Morgan fingerprint density at radius 3 is 1.63 bits per heavy atom. The van der Waals surface area contributed by atoms with Crippen LogP contribution in [0, 0.1) is 0 Å². The Morgan fingerprint density at radius 1 is 0.267 bits per heavy atom. The summed E-state index contributed by atoms with van der Waals surface area (Å²) in [5.74, 6) is 0. The van der Waals surface area contributed by atoms with Crippen LogP contribution in [-0.2, 0) is 0 Å². The van der Waals surface area contributed by atoms with Gasteiger partial charge in [-0.3, -0.25) is 0 Å². The van der Waals surface area contributed by atoms with Crippen molar-refractivity contribution in [2.75, 3.05) is 4.90 Å². The summed E-state index contributed by atoms with van der Waals surface area (Å²) in [6, 6.07) is 85.1. The molecule has 10 aromatic carbocycles. The molecule has 0 aliphatic heterocycles. The summed E-state index contributed by atoms with van der Waals surface area (Å²) in [5, 5.41) is 4.66. The fourth-order valence-electron chi connectivity index (χ4n) is 8.75. The van der Waals surface area contributed by atoms with Crippen molar-refractivity contribution >= 4 is 49.8 Å². The number of hydrogen-bond acceptors (Lipinski definition) is 2. The minimum Gasteiger partial charge on any atom is -0.456 e. The Kier molecular flexibility index (Phi) is 8.87. The van der Waals surface area contributed by atoms with Crippen molar-refractivity contribution in [3.63, 3.8) is 0 Å². The molecule has 0 atom stereocenters. The molecule has 11 rings (SSSR count). The number of rotatable bonds is 8. The molecule has 0 unspecified atom stereocenters. The van der Waals surface area contributed by atoms with Gasteiger partial charge < -0.3 is 9.32 Å². The fourth-order valence-corrected chi connectivity index (χ4v) is 8.75. The van der Waals surface area contributed by atoms with Crippen LogP contribution in [0.2, 0.25) is 0 Å². The van der Waals surface area contributed by atoms with Gasteiger partial charge in [0, 0.05) is 27.7 Å². The van der Waals surface area contributed by atoms with Crippen molar-refractivity contribution in [1.29, 1.82) is 0 Å². The van der Waals surface area contributed by atoms with Gasteiger partial charge in [0.25, 0.3) is 0 Å². The highest BCUT2D eigenvalue weighted by Crippen LogP contribution is 2.47. The van der Waals surface area contributed by atoms with E-state index in [4.69, 9.17) is 4.42 Å². The summed E-state index contributed by atoms with van der Waals surface area (Å²) in [6.07, 6.45) is 0. The molecular formula is C58H39NO. The van der Waals surface area contributed by atoms with Gasteiger partial charge in [-0.1, -0.05) is 182 Å². The molecule has 282 valence electrons. The Balaban J connectivity index is 1.12. The van der Waals surface area contributed by atoms with E-state index < -0.39 is 0 Å². The molecule has 0 amide bonds. The lowest BCUT2D eigenvalue weighted by Gasteiger charge is -2.29. The van der Waals surface area contributed by atoms with Crippen molar-refractivity contribution in [2.24, 2.45) is 0 Å². The smallest absolute Gasteiger partial charge is 0.135 e. The first-order chi connectivity index (χ1) is 29.7. The van der Waals surface area contributed by atoms with Crippen LogP contribution >= 0.6 is 0 Å². The number of hydrogen-bond donors (Lipinski definition) is 0. The molecule has 0 aliphatic rings. The Labute approximate surface area is 349 Å². The third kappa shape index (κ3) is 6.41. The van der Waals surface area contributed by atoms with Crippen LogP contribution in [0.1, 0.15) is 0 Å². The van der Waals surface area contributed by atoms with Gasteiger partial charge in [0.15, 0.2) is 0 Å². The van der Waals surface area contributed by atoms with E-state index in [0.29, 0.717) is 0 Å². The van der Waals surface area contributed by atoms with Crippen LogP contribution < -0.4 is 4.90 Å². The first-order valence-corrected chi connectivity index (χ1v) is 20.5. The van der Waals surface area contributed by atoms with Crippen LogP contribution in [-0.4, -0.2) is 0 Å². The third-order valence-corrected chi connectivity index (χ3v) is 11.7. The molecule has 0 radical (unpaired) electrons. The summed E-state index contributed by atoms with van der Waals surface area (Å²) in [6.45, 7) is 0. The van der Waals surface area contributed by atoms with E-state index in [1.165, 1.54) is 55.3 Å². The molecule has 1 heterocycles. The molecule has 60 heavy (non-hydrogen) atoms. The predicted octanol–water partition coefficient (Wildman–Crippen LogP) is 16.5. The molecule has 2 heteroatoms. The molecular weight excluding hydrogens is 727 g/mol. The second-order valence-electron chi connectivity index (χ2n) is 15.3. The lowest BCUT2D eigenvalue weighted by atomic mass is 9.86. The molecule has 1 aromatic heterocycles. The average Bonchev–Trinajstić information content (AvgIpc) is 3.70. The van der Waals surface area contributed by atoms with E-state index in [-0.39, 0.29) is 0 Å². The molecule has 0 saturated heterocycles. The van der Waals surface area contributed by atoms with Crippen molar-refractivity contribution in [3.8, 4) is 55.6 Å². The van der Waals surface area contributed by atoms with E-state index in [1.54, 1.807) is 0 Å². The SMILES string of the molecule is c1ccc(-c2ccc(-c3ccccc3N(c3ccc(-c4ccc5ccccc5c4)cc3)c3ccc4oc5ccccc5c4c3)c(-c3ccccc3-c3ccccc3)c2)cc1. The number of para-hydroxylation sites is 2. The van der Waals surface area contributed by atoms with Crippen LogP contribution in [0.5, 0.6) is 0 Å². The number of fused-ring (bicyclic) bond motifs is 4. The van der Waals surface area contributed by atoms with E-state index in [9.17, 15) is 0 Å². The van der Waals surface area contributed by atoms with Crippen LogP contribution in [0.15, 0.2) is 241 Å². The topological polar surface area (TPSA) is 16.4 Å². The number of furan rings is 1. The van der Waals surface area contributed by atoms with E-state index in [2.05, 4.69) is 229 Å². The third-order valence-electron chi connectivity index (χ3n) is 11.7. The van der Waals surface area contributed by atoms with Crippen LogP contribution in [0.3, 0.4) is 0 Å². The lowest BCUT2D eigenvalue weighted by Crippen LogP contribution is -2.11.